The van der Waals surface area contributed by atoms with Gasteiger partial charge >= 0.3 is 17.9 Å². The third-order valence-electron chi connectivity index (χ3n) is 6.92. The van der Waals surface area contributed by atoms with Crippen molar-refractivity contribution in [1.29, 1.82) is 0 Å². The van der Waals surface area contributed by atoms with E-state index in [4.69, 9.17) is 25.7 Å². The zero-order valence-electron chi connectivity index (χ0n) is 24.6. The summed E-state index contributed by atoms with van der Waals surface area (Å²) < 4.78 is 16.0. The van der Waals surface area contributed by atoms with Crippen molar-refractivity contribution in [2.75, 3.05) is 18.1 Å². The molecule has 0 amide bonds. The summed E-state index contributed by atoms with van der Waals surface area (Å²) in [6, 6.07) is 13.3. The molecule has 0 aliphatic carbocycles. The Morgan fingerprint density at radius 2 is 1.17 bits per heavy atom. The van der Waals surface area contributed by atoms with Gasteiger partial charge < -0.3 is 25.7 Å². The second-order valence-electron chi connectivity index (χ2n) is 10.6. The number of hydrogen-bond donors (Lipinski definition) is 2. The quantitative estimate of drug-likeness (QED) is 0.0689. The van der Waals surface area contributed by atoms with E-state index in [9.17, 15) is 14.4 Å². The number of unbranched alkanes of at least 4 members (excludes halogenated alkanes) is 10. The zero-order chi connectivity index (χ0) is 29.7. The molecule has 0 bridgehead atoms. The van der Waals surface area contributed by atoms with E-state index >= 15 is 0 Å². The van der Waals surface area contributed by atoms with Crippen LogP contribution >= 0.6 is 0 Å². The van der Waals surface area contributed by atoms with Crippen molar-refractivity contribution < 1.29 is 28.6 Å². The number of nitrogen functional groups attached to an aromatic ring is 2. The monoisotopic (exact) mass is 568 g/mol. The van der Waals surface area contributed by atoms with Crippen LogP contribution < -0.4 is 16.2 Å². The molecule has 0 saturated heterocycles. The van der Waals surface area contributed by atoms with Gasteiger partial charge in [0.1, 0.15) is 11.9 Å². The van der Waals surface area contributed by atoms with E-state index in [2.05, 4.69) is 6.92 Å². The maximum Gasteiger partial charge on any atom is 0.349 e. The van der Waals surface area contributed by atoms with Crippen molar-refractivity contribution in [3.05, 3.63) is 54.1 Å². The van der Waals surface area contributed by atoms with Crippen molar-refractivity contribution in [3.63, 3.8) is 0 Å². The van der Waals surface area contributed by atoms with Crippen molar-refractivity contribution in [1.82, 2.24) is 0 Å². The average Bonchev–Trinajstić information content (AvgIpc) is 2.96. The molecule has 1 unspecified atom stereocenters. The van der Waals surface area contributed by atoms with Gasteiger partial charge in [-0.05, 0) is 80.6 Å². The van der Waals surface area contributed by atoms with E-state index in [0.29, 0.717) is 29.1 Å². The van der Waals surface area contributed by atoms with E-state index in [1.807, 2.05) is 0 Å². The summed E-state index contributed by atoms with van der Waals surface area (Å²) in [5.74, 6) is -0.917. The van der Waals surface area contributed by atoms with Gasteiger partial charge in [0, 0.05) is 17.8 Å². The van der Waals surface area contributed by atoms with Crippen molar-refractivity contribution in [2.45, 2.75) is 109 Å². The third kappa shape index (κ3) is 15.7. The first-order chi connectivity index (χ1) is 19.9. The Bertz CT molecular complexity index is 1020. The Balaban J connectivity index is 1.51. The Labute approximate surface area is 245 Å². The zero-order valence-corrected chi connectivity index (χ0v) is 24.6. The highest BCUT2D eigenvalue weighted by molar-refractivity contribution is 5.89. The molecule has 0 heterocycles. The Kier molecular flexibility index (Phi) is 16.7. The van der Waals surface area contributed by atoms with Gasteiger partial charge in [-0.2, -0.15) is 0 Å². The van der Waals surface area contributed by atoms with Gasteiger partial charge in [0.05, 0.1) is 5.56 Å². The molecule has 0 aliphatic rings. The topological polar surface area (TPSA) is 131 Å². The number of carbonyl (C=O) groups excluding carboxylic acids is 3. The fourth-order valence-corrected chi connectivity index (χ4v) is 4.51. The standard InChI is InChI=1S/C33H48N2O6/c1-2-3-4-11-14-29(41-33(38)26-17-19-27(34)20-18-26)15-12-9-7-5-6-8-10-13-16-31(36)39-25-32(37)40-30-23-21-28(35)22-24-30/h17-24,29H,2-16,25,34-35H2,1H3. The number of rotatable bonds is 21. The number of nitrogens with two attached hydrogens (primary N) is 2. The van der Waals surface area contributed by atoms with Crippen LogP contribution in [0, 0.1) is 0 Å². The number of esters is 3. The van der Waals surface area contributed by atoms with Crippen LogP contribution in [0.1, 0.15) is 114 Å². The fraction of sp³-hybridized carbons (Fsp3) is 0.545. The summed E-state index contributed by atoms with van der Waals surface area (Å²) in [4.78, 5) is 36.3. The molecule has 41 heavy (non-hydrogen) atoms. The molecule has 0 fully saturated rings. The number of benzene rings is 2. The van der Waals surface area contributed by atoms with Crippen LogP contribution in [0.5, 0.6) is 5.75 Å². The predicted octanol–water partition coefficient (Wildman–Crippen LogP) is 7.40. The van der Waals surface area contributed by atoms with E-state index in [-0.39, 0.29) is 18.0 Å². The Hall–Kier alpha value is -3.55. The van der Waals surface area contributed by atoms with Gasteiger partial charge in [0.25, 0.3) is 0 Å². The van der Waals surface area contributed by atoms with E-state index < -0.39 is 12.6 Å². The van der Waals surface area contributed by atoms with Crippen LogP contribution in [0.15, 0.2) is 48.5 Å². The van der Waals surface area contributed by atoms with Crippen molar-refractivity contribution in [2.24, 2.45) is 0 Å². The largest absolute Gasteiger partial charge is 0.459 e. The molecule has 1 atom stereocenters. The summed E-state index contributed by atoms with van der Waals surface area (Å²) in [6.07, 6.45) is 15.0. The van der Waals surface area contributed by atoms with Crippen LogP contribution in [-0.4, -0.2) is 30.6 Å². The summed E-state index contributed by atoms with van der Waals surface area (Å²) in [5, 5.41) is 0. The molecule has 4 N–H and O–H groups in total. The molecule has 0 spiro atoms. The van der Waals surface area contributed by atoms with Crippen LogP contribution in [0.25, 0.3) is 0 Å². The lowest BCUT2D eigenvalue weighted by Gasteiger charge is -2.18. The van der Waals surface area contributed by atoms with Crippen molar-refractivity contribution >= 4 is 29.3 Å². The van der Waals surface area contributed by atoms with Gasteiger partial charge in [-0.1, -0.05) is 64.7 Å². The lowest BCUT2D eigenvalue weighted by molar-refractivity contribution is -0.153. The summed E-state index contributed by atoms with van der Waals surface area (Å²) in [5.41, 5.74) is 13.1. The first-order valence-electron chi connectivity index (χ1n) is 15.2. The number of carbonyl (C=O) groups is 3. The first kappa shape index (κ1) is 33.7. The lowest BCUT2D eigenvalue weighted by Crippen LogP contribution is -2.18. The molecule has 226 valence electrons. The fourth-order valence-electron chi connectivity index (χ4n) is 4.51. The summed E-state index contributed by atoms with van der Waals surface area (Å²) >= 11 is 0. The van der Waals surface area contributed by atoms with E-state index in [1.54, 1.807) is 48.5 Å². The second-order valence-corrected chi connectivity index (χ2v) is 10.6. The lowest BCUT2D eigenvalue weighted by atomic mass is 10.0. The Morgan fingerprint density at radius 3 is 1.76 bits per heavy atom. The summed E-state index contributed by atoms with van der Waals surface area (Å²) in [7, 11) is 0. The molecule has 2 aromatic rings. The minimum Gasteiger partial charge on any atom is -0.459 e. The molecule has 2 aromatic carbocycles. The molecule has 2 rings (SSSR count). The molecule has 0 aliphatic heterocycles. The predicted molar refractivity (Wildman–Crippen MR) is 162 cm³/mol. The molecule has 0 aromatic heterocycles. The maximum atomic E-state index is 12.6. The molecular weight excluding hydrogens is 520 g/mol. The molecule has 8 nitrogen and oxygen atoms in total. The van der Waals surface area contributed by atoms with Gasteiger partial charge in [0.15, 0.2) is 6.61 Å². The summed E-state index contributed by atoms with van der Waals surface area (Å²) in [6.45, 7) is 1.79. The first-order valence-corrected chi connectivity index (χ1v) is 15.2. The molecular formula is C33H48N2O6. The third-order valence-corrected chi connectivity index (χ3v) is 6.92. The van der Waals surface area contributed by atoms with Gasteiger partial charge in [-0.3, -0.25) is 4.79 Å². The van der Waals surface area contributed by atoms with Gasteiger partial charge in [-0.25, -0.2) is 9.59 Å². The molecule has 8 heteroatoms. The number of hydrogen-bond acceptors (Lipinski definition) is 8. The molecule has 0 radical (unpaired) electrons. The van der Waals surface area contributed by atoms with Crippen LogP contribution in [0.3, 0.4) is 0 Å². The highest BCUT2D eigenvalue weighted by Crippen LogP contribution is 2.19. The van der Waals surface area contributed by atoms with E-state index in [0.717, 1.165) is 70.6 Å². The van der Waals surface area contributed by atoms with Gasteiger partial charge in [-0.15, -0.1) is 0 Å². The Morgan fingerprint density at radius 1 is 0.659 bits per heavy atom. The van der Waals surface area contributed by atoms with Crippen LogP contribution in [0.4, 0.5) is 11.4 Å². The van der Waals surface area contributed by atoms with Crippen LogP contribution in [0.2, 0.25) is 0 Å². The average molecular weight is 569 g/mol. The van der Waals surface area contributed by atoms with E-state index in [1.165, 1.54) is 19.3 Å². The minimum atomic E-state index is -0.620. The highest BCUT2D eigenvalue weighted by Gasteiger charge is 2.16. The maximum absolute atomic E-state index is 12.6. The number of ether oxygens (including phenoxy) is 3. The highest BCUT2D eigenvalue weighted by atomic mass is 16.6. The normalized spacial score (nSPS) is 11.5. The van der Waals surface area contributed by atoms with Crippen LogP contribution in [-0.2, 0) is 19.1 Å². The van der Waals surface area contributed by atoms with Crippen molar-refractivity contribution in [3.8, 4) is 5.75 Å². The van der Waals surface area contributed by atoms with Gasteiger partial charge in [0.2, 0.25) is 0 Å². The SMILES string of the molecule is CCCCCCC(CCCCCCCCCCC(=O)OCC(=O)Oc1ccc(N)cc1)OC(=O)c1ccc(N)cc1. The smallest absolute Gasteiger partial charge is 0.349 e. The minimum absolute atomic E-state index is 0.0452. The number of anilines is 2. The second kappa shape index (κ2) is 20.3. The molecule has 0 saturated carbocycles.